The minimum absolute atomic E-state index is 0.0329. The number of hydrogen-bond acceptors (Lipinski definition) is 7. The lowest BCUT2D eigenvalue weighted by atomic mass is 9.63. The van der Waals surface area contributed by atoms with E-state index in [1.165, 1.54) is 7.11 Å². The van der Waals surface area contributed by atoms with Crippen LogP contribution in [0.3, 0.4) is 0 Å². The first-order chi connectivity index (χ1) is 16.7. The highest BCUT2D eigenvalue weighted by Crippen LogP contribution is 2.48. The van der Waals surface area contributed by atoms with Gasteiger partial charge in [-0.25, -0.2) is 4.79 Å². The van der Waals surface area contributed by atoms with Gasteiger partial charge in [0.05, 0.1) is 18.6 Å². The molecule has 0 amide bonds. The van der Waals surface area contributed by atoms with Crippen molar-refractivity contribution >= 4 is 17.5 Å². The van der Waals surface area contributed by atoms with E-state index in [4.69, 9.17) is 19.2 Å². The number of methoxy groups -OCH3 is 1. The largest absolute Gasteiger partial charge is 0.504 e. The molecule has 35 heavy (non-hydrogen) atoms. The number of ketones is 1. The summed E-state index contributed by atoms with van der Waals surface area (Å²) >= 11 is 0. The maximum absolute atomic E-state index is 13.4. The number of nitrogens with zero attached hydrogens (tertiary/aromatic N) is 1. The Morgan fingerprint density at radius 3 is 2.51 bits per heavy atom. The van der Waals surface area contributed by atoms with Gasteiger partial charge in [-0.3, -0.25) is 9.79 Å². The Labute approximate surface area is 205 Å². The van der Waals surface area contributed by atoms with Gasteiger partial charge in [0, 0.05) is 23.7 Å². The van der Waals surface area contributed by atoms with Crippen LogP contribution in [-0.2, 0) is 14.3 Å². The summed E-state index contributed by atoms with van der Waals surface area (Å²) < 4.78 is 16.4. The molecule has 2 aromatic rings. The number of fused-ring (bicyclic) bond motifs is 1. The Balaban J connectivity index is 1.63. The number of esters is 1. The lowest BCUT2D eigenvalue weighted by Gasteiger charge is -2.41. The number of Topliss-reactive ketones (excluding diaryl/α,β-unsaturated/α-hetero) is 1. The average molecular weight is 478 g/mol. The smallest absolute Gasteiger partial charge is 0.336 e. The minimum Gasteiger partial charge on any atom is -0.504 e. The van der Waals surface area contributed by atoms with Crippen LogP contribution in [0.25, 0.3) is 0 Å². The number of allylic oxidation sites excluding steroid dienone is 1. The molecule has 0 aromatic heterocycles. The summed E-state index contributed by atoms with van der Waals surface area (Å²) in [6.07, 6.45) is 1.05. The second-order valence-corrected chi connectivity index (χ2v) is 9.77. The van der Waals surface area contributed by atoms with Gasteiger partial charge in [0.2, 0.25) is 0 Å². The Kier molecular flexibility index (Phi) is 6.96. The predicted octanol–water partition coefficient (Wildman–Crippen LogP) is 4.84. The molecule has 1 heterocycles. The number of phenols is 1. The van der Waals surface area contributed by atoms with Crippen molar-refractivity contribution in [1.82, 2.24) is 0 Å². The van der Waals surface area contributed by atoms with Crippen molar-refractivity contribution in [3.63, 3.8) is 0 Å². The van der Waals surface area contributed by atoms with Gasteiger partial charge in [0.25, 0.3) is 0 Å². The maximum Gasteiger partial charge on any atom is 0.336 e. The lowest BCUT2D eigenvalue weighted by Crippen LogP contribution is -2.44. The molecule has 0 spiro atoms. The standard InChI is InChI=1S/C28H31NO6/c1-17-24(27(32)35-13-12-34-19-8-6-5-7-9-19)25(18-10-11-23(33-4)21(30)14-18)26-20(29-17)15-28(2,3)16-22(26)31/h5-11,14,25-26,30H,12-13,15-16H2,1-4H3. The molecule has 4 rings (SSSR count). The fourth-order valence-electron chi connectivity index (χ4n) is 5.01. The number of carbonyl (C=O) groups excluding carboxylic acids is 2. The monoisotopic (exact) mass is 477 g/mol. The topological polar surface area (TPSA) is 94.4 Å². The second kappa shape index (κ2) is 9.94. The van der Waals surface area contributed by atoms with Crippen molar-refractivity contribution in [2.24, 2.45) is 16.3 Å². The molecule has 2 unspecified atom stereocenters. The molecular weight excluding hydrogens is 446 g/mol. The Bertz CT molecular complexity index is 1180. The van der Waals surface area contributed by atoms with Gasteiger partial charge in [-0.1, -0.05) is 38.1 Å². The summed E-state index contributed by atoms with van der Waals surface area (Å²) in [5.74, 6) is -0.747. The molecule has 2 aromatic carbocycles. The number of phenolic OH excluding ortho intramolecular Hbond substituents is 1. The summed E-state index contributed by atoms with van der Waals surface area (Å²) in [5.41, 5.74) is 2.06. The molecule has 7 heteroatoms. The second-order valence-electron chi connectivity index (χ2n) is 9.77. The third kappa shape index (κ3) is 5.24. The molecular formula is C28H31NO6. The van der Waals surface area contributed by atoms with E-state index >= 15 is 0 Å². The van der Waals surface area contributed by atoms with Crippen molar-refractivity contribution in [3.05, 3.63) is 65.4 Å². The van der Waals surface area contributed by atoms with E-state index in [2.05, 4.69) is 0 Å². The van der Waals surface area contributed by atoms with E-state index in [1.54, 1.807) is 25.1 Å². The fourth-order valence-corrected chi connectivity index (χ4v) is 5.01. The van der Waals surface area contributed by atoms with E-state index in [1.807, 2.05) is 44.2 Å². The minimum atomic E-state index is -0.606. The molecule has 2 aliphatic rings. The van der Waals surface area contributed by atoms with Crippen LogP contribution in [0.4, 0.5) is 0 Å². The molecule has 1 N–H and O–H groups in total. The molecule has 1 aliphatic carbocycles. The molecule has 1 fully saturated rings. The van der Waals surface area contributed by atoms with Crippen molar-refractivity contribution in [2.45, 2.75) is 39.5 Å². The first-order valence-corrected chi connectivity index (χ1v) is 11.7. The van der Waals surface area contributed by atoms with Crippen molar-refractivity contribution in [1.29, 1.82) is 0 Å². The van der Waals surface area contributed by atoms with Gasteiger partial charge in [-0.15, -0.1) is 0 Å². The summed E-state index contributed by atoms with van der Waals surface area (Å²) in [6, 6.07) is 14.2. The van der Waals surface area contributed by atoms with E-state index in [9.17, 15) is 14.7 Å². The van der Waals surface area contributed by atoms with Gasteiger partial charge in [0.15, 0.2) is 11.5 Å². The highest BCUT2D eigenvalue weighted by molar-refractivity contribution is 6.12. The van der Waals surface area contributed by atoms with Crippen LogP contribution in [0.1, 0.15) is 45.1 Å². The van der Waals surface area contributed by atoms with Gasteiger partial charge in [-0.2, -0.15) is 0 Å². The molecule has 0 saturated heterocycles. The van der Waals surface area contributed by atoms with Crippen LogP contribution in [0, 0.1) is 11.3 Å². The number of aromatic hydroxyl groups is 1. The quantitative estimate of drug-likeness (QED) is 0.453. The summed E-state index contributed by atoms with van der Waals surface area (Å²) in [7, 11) is 1.47. The van der Waals surface area contributed by atoms with Crippen LogP contribution < -0.4 is 9.47 Å². The van der Waals surface area contributed by atoms with Gasteiger partial charge in [0.1, 0.15) is 24.7 Å². The van der Waals surface area contributed by atoms with E-state index in [0.29, 0.717) is 41.2 Å². The van der Waals surface area contributed by atoms with Crippen LogP contribution >= 0.6 is 0 Å². The Hall–Kier alpha value is -3.61. The SMILES string of the molecule is COc1ccc(C2C(C(=O)OCCOc3ccccc3)=C(C)N=C3CC(C)(C)CC(=O)C32)cc1O. The first-order valence-electron chi connectivity index (χ1n) is 11.7. The fraction of sp³-hybridized carbons (Fsp3) is 0.393. The third-order valence-electron chi connectivity index (χ3n) is 6.47. The van der Waals surface area contributed by atoms with E-state index < -0.39 is 17.8 Å². The number of ether oxygens (including phenoxy) is 3. The van der Waals surface area contributed by atoms with Crippen LogP contribution in [0.15, 0.2) is 64.8 Å². The Morgan fingerprint density at radius 2 is 1.83 bits per heavy atom. The highest BCUT2D eigenvalue weighted by atomic mass is 16.6. The highest BCUT2D eigenvalue weighted by Gasteiger charge is 2.47. The lowest BCUT2D eigenvalue weighted by molar-refractivity contribution is -0.140. The van der Waals surface area contributed by atoms with Crippen LogP contribution in [0.2, 0.25) is 0 Å². The number of carbonyl (C=O) groups is 2. The van der Waals surface area contributed by atoms with Crippen molar-refractivity contribution in [3.8, 4) is 17.2 Å². The van der Waals surface area contributed by atoms with Gasteiger partial charge in [-0.05, 0) is 48.6 Å². The van der Waals surface area contributed by atoms with Gasteiger partial charge >= 0.3 is 5.97 Å². The summed E-state index contributed by atoms with van der Waals surface area (Å²) in [6.45, 7) is 6.11. The molecule has 184 valence electrons. The molecule has 1 aliphatic heterocycles. The third-order valence-corrected chi connectivity index (χ3v) is 6.47. The zero-order chi connectivity index (χ0) is 25.2. The number of para-hydroxylation sites is 1. The van der Waals surface area contributed by atoms with Crippen molar-refractivity contribution < 1.29 is 28.9 Å². The normalized spacial score (nSPS) is 21.1. The van der Waals surface area contributed by atoms with Gasteiger partial charge < -0.3 is 19.3 Å². The van der Waals surface area contributed by atoms with Crippen LogP contribution in [-0.4, -0.2) is 42.9 Å². The molecule has 2 atom stereocenters. The number of benzene rings is 2. The maximum atomic E-state index is 13.4. The zero-order valence-corrected chi connectivity index (χ0v) is 20.5. The van der Waals surface area contributed by atoms with E-state index in [-0.39, 0.29) is 30.2 Å². The molecule has 0 bridgehead atoms. The Morgan fingerprint density at radius 1 is 1.09 bits per heavy atom. The first kappa shape index (κ1) is 24.5. The van der Waals surface area contributed by atoms with E-state index in [0.717, 1.165) is 5.71 Å². The zero-order valence-electron chi connectivity index (χ0n) is 20.5. The molecule has 1 saturated carbocycles. The molecule has 0 radical (unpaired) electrons. The average Bonchev–Trinajstić information content (AvgIpc) is 2.80. The van der Waals surface area contributed by atoms with Crippen molar-refractivity contribution in [2.75, 3.05) is 20.3 Å². The number of aliphatic imine (C=N–C) groups is 1. The number of rotatable bonds is 7. The number of hydrogen-bond donors (Lipinski definition) is 1. The van der Waals surface area contributed by atoms with Crippen LogP contribution in [0.5, 0.6) is 17.2 Å². The predicted molar refractivity (Wildman–Crippen MR) is 132 cm³/mol. The summed E-state index contributed by atoms with van der Waals surface area (Å²) in [4.78, 5) is 31.4. The molecule has 7 nitrogen and oxygen atoms in total. The summed E-state index contributed by atoms with van der Waals surface area (Å²) in [5, 5.41) is 10.5.